The van der Waals surface area contributed by atoms with Gasteiger partial charge in [-0.1, -0.05) is 29.3 Å². The number of hydrogen-bond acceptors (Lipinski definition) is 4. The van der Waals surface area contributed by atoms with E-state index in [9.17, 15) is 4.79 Å². The molecule has 1 fully saturated rings. The Balaban J connectivity index is 1.59. The highest BCUT2D eigenvalue weighted by atomic mass is 35.5. The molecule has 0 saturated carbocycles. The van der Waals surface area contributed by atoms with Crippen molar-refractivity contribution in [3.8, 4) is 0 Å². The number of benzene rings is 1. The fourth-order valence-electron chi connectivity index (χ4n) is 2.76. The molecule has 8 heteroatoms. The van der Waals surface area contributed by atoms with Gasteiger partial charge in [0.25, 0.3) is 0 Å². The van der Waals surface area contributed by atoms with Crippen molar-refractivity contribution in [3.05, 3.63) is 40.1 Å². The fraction of sp³-hybridized carbons (Fsp3) is 0.429. The molecule has 1 aliphatic rings. The summed E-state index contributed by atoms with van der Waals surface area (Å²) in [5, 5.41) is 12.1. The van der Waals surface area contributed by atoms with Gasteiger partial charge in [-0.2, -0.15) is 0 Å². The van der Waals surface area contributed by atoms with Crippen LogP contribution in [0.4, 0.5) is 0 Å². The van der Waals surface area contributed by atoms with Crippen molar-refractivity contribution in [1.82, 2.24) is 25.1 Å². The minimum Gasteiger partial charge on any atom is -0.341 e. The van der Waals surface area contributed by atoms with E-state index in [0.717, 1.165) is 18.4 Å². The first-order chi connectivity index (χ1) is 10.6. The van der Waals surface area contributed by atoms with Gasteiger partial charge in [0, 0.05) is 23.1 Å². The largest absolute Gasteiger partial charge is 0.341 e. The van der Waals surface area contributed by atoms with Crippen molar-refractivity contribution < 1.29 is 4.79 Å². The van der Waals surface area contributed by atoms with Crippen LogP contribution in [0, 0.1) is 0 Å². The van der Waals surface area contributed by atoms with Crippen LogP contribution in [-0.2, 0) is 11.3 Å². The van der Waals surface area contributed by atoms with Crippen molar-refractivity contribution in [2.45, 2.75) is 25.3 Å². The highest BCUT2D eigenvalue weighted by Gasteiger charge is 2.25. The Labute approximate surface area is 138 Å². The molecule has 2 aromatic rings. The van der Waals surface area contributed by atoms with Gasteiger partial charge in [-0.3, -0.25) is 4.79 Å². The Kier molecular flexibility index (Phi) is 4.59. The molecule has 0 bridgehead atoms. The Morgan fingerprint density at radius 1 is 1.27 bits per heavy atom. The maximum Gasteiger partial charge on any atom is 0.244 e. The summed E-state index contributed by atoms with van der Waals surface area (Å²) in [7, 11) is 0. The quantitative estimate of drug-likeness (QED) is 0.861. The molecule has 0 aliphatic carbocycles. The number of rotatable bonds is 3. The Morgan fingerprint density at radius 3 is 2.68 bits per heavy atom. The fourth-order valence-corrected chi connectivity index (χ4v) is 3.33. The van der Waals surface area contributed by atoms with Gasteiger partial charge in [-0.25, -0.2) is 4.68 Å². The second-order valence-electron chi connectivity index (χ2n) is 5.33. The van der Waals surface area contributed by atoms with E-state index in [0.29, 0.717) is 29.1 Å². The minimum atomic E-state index is 0.0351. The SMILES string of the molecule is O=C(Cn1cnnn1)N1CCC(c2ccc(Cl)cc2Cl)CC1. The molecule has 6 nitrogen and oxygen atoms in total. The van der Waals surface area contributed by atoms with Gasteiger partial charge >= 0.3 is 0 Å². The summed E-state index contributed by atoms with van der Waals surface area (Å²) < 4.78 is 1.44. The minimum absolute atomic E-state index is 0.0351. The first-order valence-corrected chi connectivity index (χ1v) is 7.82. The van der Waals surface area contributed by atoms with Crippen LogP contribution in [0.5, 0.6) is 0 Å². The van der Waals surface area contributed by atoms with Crippen LogP contribution in [0.25, 0.3) is 0 Å². The number of tetrazole rings is 1. The van der Waals surface area contributed by atoms with Crippen molar-refractivity contribution in [3.63, 3.8) is 0 Å². The molecule has 1 amide bonds. The maximum absolute atomic E-state index is 12.2. The van der Waals surface area contributed by atoms with Crippen LogP contribution < -0.4 is 0 Å². The lowest BCUT2D eigenvalue weighted by Crippen LogP contribution is -2.39. The molecule has 0 radical (unpaired) electrons. The lowest BCUT2D eigenvalue weighted by Gasteiger charge is -2.32. The molecule has 0 spiro atoms. The molecular weight excluding hydrogens is 325 g/mol. The summed E-state index contributed by atoms with van der Waals surface area (Å²) in [5.41, 5.74) is 1.11. The first kappa shape index (κ1) is 15.2. The van der Waals surface area contributed by atoms with Crippen LogP contribution in [0.1, 0.15) is 24.3 Å². The predicted octanol–water partition coefficient (Wildman–Crippen LogP) is 2.39. The average molecular weight is 340 g/mol. The number of hydrogen-bond donors (Lipinski definition) is 0. The van der Waals surface area contributed by atoms with Crippen molar-refractivity contribution in [2.24, 2.45) is 0 Å². The first-order valence-electron chi connectivity index (χ1n) is 7.07. The zero-order chi connectivity index (χ0) is 15.5. The smallest absolute Gasteiger partial charge is 0.244 e. The standard InChI is InChI=1S/C14H15Cl2N5O/c15-11-1-2-12(13(16)7-11)10-3-5-20(6-4-10)14(22)8-21-9-17-18-19-21/h1-2,7,9-10H,3-6,8H2. The maximum atomic E-state index is 12.2. The van der Waals surface area contributed by atoms with Gasteiger partial charge in [0.05, 0.1) is 0 Å². The lowest BCUT2D eigenvalue weighted by molar-refractivity contribution is -0.133. The molecule has 0 atom stereocenters. The molecule has 2 heterocycles. The summed E-state index contributed by atoms with van der Waals surface area (Å²) in [6, 6.07) is 5.61. The number of nitrogens with zero attached hydrogens (tertiary/aromatic N) is 5. The molecule has 0 unspecified atom stereocenters. The van der Waals surface area contributed by atoms with E-state index in [2.05, 4.69) is 15.5 Å². The Hall–Kier alpha value is -1.66. The molecule has 1 aromatic carbocycles. The van der Waals surface area contributed by atoms with Crippen LogP contribution in [-0.4, -0.2) is 44.1 Å². The molecule has 1 aliphatic heterocycles. The number of piperidine rings is 1. The number of likely N-dealkylation sites (tertiary alicyclic amines) is 1. The summed E-state index contributed by atoms with van der Waals surface area (Å²) in [5.74, 6) is 0.398. The zero-order valence-electron chi connectivity index (χ0n) is 11.8. The Bertz CT molecular complexity index is 653. The van der Waals surface area contributed by atoms with Crippen molar-refractivity contribution in [2.75, 3.05) is 13.1 Å². The summed E-state index contributed by atoms with van der Waals surface area (Å²) in [4.78, 5) is 14.0. The van der Waals surface area contributed by atoms with E-state index in [1.165, 1.54) is 11.0 Å². The highest BCUT2D eigenvalue weighted by molar-refractivity contribution is 6.35. The molecule has 22 heavy (non-hydrogen) atoms. The van der Waals surface area contributed by atoms with Crippen LogP contribution in [0.15, 0.2) is 24.5 Å². The third-order valence-corrected chi connectivity index (χ3v) is 4.50. The highest BCUT2D eigenvalue weighted by Crippen LogP contribution is 2.34. The predicted molar refractivity (Wildman–Crippen MR) is 82.8 cm³/mol. The van der Waals surface area contributed by atoms with Crippen LogP contribution in [0.3, 0.4) is 0 Å². The topological polar surface area (TPSA) is 63.9 Å². The van der Waals surface area contributed by atoms with Gasteiger partial charge in [0.1, 0.15) is 12.9 Å². The summed E-state index contributed by atoms with van der Waals surface area (Å²) in [6.07, 6.45) is 3.23. The second-order valence-corrected chi connectivity index (χ2v) is 6.17. The van der Waals surface area contributed by atoms with Gasteiger partial charge in [0.2, 0.25) is 5.91 Å². The van der Waals surface area contributed by atoms with E-state index in [1.807, 2.05) is 17.0 Å². The van der Waals surface area contributed by atoms with Gasteiger partial charge < -0.3 is 4.90 Å². The number of amides is 1. The lowest BCUT2D eigenvalue weighted by atomic mass is 9.89. The van der Waals surface area contributed by atoms with Crippen molar-refractivity contribution >= 4 is 29.1 Å². The third-order valence-electron chi connectivity index (χ3n) is 3.94. The van der Waals surface area contributed by atoms with Gasteiger partial charge in [-0.15, -0.1) is 5.10 Å². The van der Waals surface area contributed by atoms with Gasteiger partial charge in [0.15, 0.2) is 0 Å². The third kappa shape index (κ3) is 3.39. The van der Waals surface area contributed by atoms with E-state index in [4.69, 9.17) is 23.2 Å². The van der Waals surface area contributed by atoms with Crippen LogP contribution >= 0.6 is 23.2 Å². The normalized spacial score (nSPS) is 16.0. The van der Waals surface area contributed by atoms with Gasteiger partial charge in [-0.05, 0) is 46.9 Å². The monoisotopic (exact) mass is 339 g/mol. The molecular formula is C14H15Cl2N5O. The number of halogens is 2. The molecule has 116 valence electrons. The number of carbonyl (C=O) groups is 1. The average Bonchev–Trinajstić information content (AvgIpc) is 3.00. The molecule has 1 aromatic heterocycles. The van der Waals surface area contributed by atoms with E-state index in [1.54, 1.807) is 6.07 Å². The molecule has 3 rings (SSSR count). The van der Waals surface area contributed by atoms with E-state index in [-0.39, 0.29) is 12.5 Å². The second kappa shape index (κ2) is 6.62. The summed E-state index contributed by atoms with van der Waals surface area (Å²) >= 11 is 12.2. The number of carbonyl (C=O) groups excluding carboxylic acids is 1. The molecule has 0 N–H and O–H groups in total. The molecule has 1 saturated heterocycles. The number of aromatic nitrogens is 4. The van der Waals surface area contributed by atoms with E-state index >= 15 is 0 Å². The van der Waals surface area contributed by atoms with Crippen molar-refractivity contribution in [1.29, 1.82) is 0 Å². The Morgan fingerprint density at radius 2 is 2.05 bits per heavy atom. The zero-order valence-corrected chi connectivity index (χ0v) is 13.3. The van der Waals surface area contributed by atoms with Crippen LogP contribution in [0.2, 0.25) is 10.0 Å². The summed E-state index contributed by atoms with van der Waals surface area (Å²) in [6.45, 7) is 1.61. The van der Waals surface area contributed by atoms with E-state index < -0.39 is 0 Å².